The second-order valence-electron chi connectivity index (χ2n) is 9.44. The molecule has 3 aromatic rings. The van der Waals surface area contributed by atoms with Crippen LogP contribution in [-0.4, -0.2) is 45.8 Å². The van der Waals surface area contributed by atoms with E-state index in [2.05, 4.69) is 10.6 Å². The van der Waals surface area contributed by atoms with Crippen LogP contribution in [0.3, 0.4) is 0 Å². The van der Waals surface area contributed by atoms with Crippen molar-refractivity contribution in [2.45, 2.75) is 44.9 Å². The molecule has 1 aromatic heterocycles. The van der Waals surface area contributed by atoms with Crippen LogP contribution in [-0.2, 0) is 9.53 Å². The average Bonchev–Trinajstić information content (AvgIpc) is 2.84. The predicted molar refractivity (Wildman–Crippen MR) is 139 cm³/mol. The van der Waals surface area contributed by atoms with Gasteiger partial charge in [0.1, 0.15) is 17.2 Å². The van der Waals surface area contributed by atoms with Crippen LogP contribution < -0.4 is 16.2 Å². The molecule has 0 saturated carbocycles. The Bertz CT molecular complexity index is 1240. The molecule has 0 fully saturated rings. The number of aliphatic carboxylic acids is 1. The molecule has 0 saturated heterocycles. The van der Waals surface area contributed by atoms with Gasteiger partial charge < -0.3 is 25.0 Å². The summed E-state index contributed by atoms with van der Waals surface area (Å²) in [6.07, 6.45) is 0.808. The molecule has 0 aliphatic rings. The summed E-state index contributed by atoms with van der Waals surface area (Å²) >= 11 is 0. The number of nitrogens with zero attached hydrogens (tertiary/aromatic N) is 1. The van der Waals surface area contributed by atoms with Gasteiger partial charge in [0.2, 0.25) is 0 Å². The first-order valence-corrected chi connectivity index (χ1v) is 11.9. The van der Waals surface area contributed by atoms with Crippen molar-refractivity contribution in [3.8, 4) is 0 Å². The molecule has 9 nitrogen and oxygen atoms in total. The summed E-state index contributed by atoms with van der Waals surface area (Å²) < 4.78 is 6.58. The van der Waals surface area contributed by atoms with Gasteiger partial charge in [-0.2, -0.15) is 0 Å². The quantitative estimate of drug-likeness (QED) is 0.408. The molecule has 3 rings (SSSR count). The summed E-state index contributed by atoms with van der Waals surface area (Å²) in [7, 11) is 0. The van der Waals surface area contributed by atoms with Gasteiger partial charge in [0, 0.05) is 12.7 Å². The Kier molecular flexibility index (Phi) is 8.84. The lowest BCUT2D eigenvalue weighted by Crippen LogP contribution is -2.45. The van der Waals surface area contributed by atoms with Crippen molar-refractivity contribution < 1.29 is 24.2 Å². The Morgan fingerprint density at radius 2 is 1.49 bits per heavy atom. The van der Waals surface area contributed by atoms with Gasteiger partial charge in [0.15, 0.2) is 0 Å². The van der Waals surface area contributed by atoms with Crippen molar-refractivity contribution in [2.24, 2.45) is 0 Å². The first-order chi connectivity index (χ1) is 17.6. The van der Waals surface area contributed by atoms with Crippen molar-refractivity contribution in [3.63, 3.8) is 0 Å². The van der Waals surface area contributed by atoms with Crippen molar-refractivity contribution in [1.82, 2.24) is 15.2 Å². The van der Waals surface area contributed by atoms with E-state index < -0.39 is 41.2 Å². The maximum atomic E-state index is 13.5. The van der Waals surface area contributed by atoms with E-state index in [4.69, 9.17) is 4.74 Å². The molecule has 0 unspecified atom stereocenters. The van der Waals surface area contributed by atoms with Gasteiger partial charge in [0.05, 0.1) is 6.04 Å². The number of carbonyl (C=O) groups excluding carboxylic acids is 2. The minimum absolute atomic E-state index is 0.0464. The zero-order valence-electron chi connectivity index (χ0n) is 21.0. The van der Waals surface area contributed by atoms with E-state index in [1.807, 2.05) is 60.7 Å². The highest BCUT2D eigenvalue weighted by atomic mass is 16.6. The molecule has 1 atom stereocenters. The molecule has 9 heteroatoms. The standard InChI is InChI=1S/C28H31N3O6/c1-28(2,3)37-27(36)29-17-16-22(26(34)35)30-24(32)21-15-10-18-31(25(21)33)23(19-11-6-4-7-12-19)20-13-8-5-9-14-20/h4-15,18,22-23H,16-17H2,1-3H3,(H,29,36)(H,30,32)(H,34,35)/t22-/m0/s1. The van der Waals surface area contributed by atoms with Crippen LogP contribution in [0.4, 0.5) is 4.79 Å². The number of carbonyl (C=O) groups is 3. The maximum Gasteiger partial charge on any atom is 0.407 e. The molecule has 3 N–H and O–H groups in total. The minimum atomic E-state index is -1.32. The summed E-state index contributed by atoms with van der Waals surface area (Å²) in [5.41, 5.74) is 0.254. The summed E-state index contributed by atoms with van der Waals surface area (Å²) in [6.45, 7) is 5.08. The molecule has 0 bridgehead atoms. The summed E-state index contributed by atoms with van der Waals surface area (Å²) in [6, 6.07) is 20.0. The lowest BCUT2D eigenvalue weighted by atomic mass is 9.98. The Labute approximate surface area is 215 Å². The number of aromatic nitrogens is 1. The third kappa shape index (κ3) is 7.54. The summed E-state index contributed by atoms with van der Waals surface area (Å²) in [4.78, 5) is 50.1. The third-order valence-corrected chi connectivity index (χ3v) is 5.43. The van der Waals surface area contributed by atoms with Crippen LogP contribution >= 0.6 is 0 Å². The van der Waals surface area contributed by atoms with Crippen LogP contribution in [0.2, 0.25) is 0 Å². The summed E-state index contributed by atoms with van der Waals surface area (Å²) in [5, 5.41) is 14.5. The van der Waals surface area contributed by atoms with Crippen molar-refractivity contribution in [3.05, 3.63) is 106 Å². The zero-order chi connectivity index (χ0) is 27.0. The van der Waals surface area contributed by atoms with Gasteiger partial charge in [-0.3, -0.25) is 9.59 Å². The lowest BCUT2D eigenvalue weighted by molar-refractivity contribution is -0.139. The lowest BCUT2D eigenvalue weighted by Gasteiger charge is -2.22. The number of rotatable bonds is 9. The molecule has 0 aliphatic carbocycles. The fourth-order valence-corrected chi connectivity index (χ4v) is 3.80. The molecule has 2 amide bonds. The number of hydrogen-bond acceptors (Lipinski definition) is 5. The van der Waals surface area contributed by atoms with E-state index in [1.54, 1.807) is 33.0 Å². The fraction of sp³-hybridized carbons (Fsp3) is 0.286. The smallest absolute Gasteiger partial charge is 0.407 e. The maximum absolute atomic E-state index is 13.5. The third-order valence-electron chi connectivity index (χ3n) is 5.43. The predicted octanol–water partition coefficient (Wildman–Crippen LogP) is 3.58. The number of amides is 2. The molecule has 1 heterocycles. The Balaban J connectivity index is 1.82. The number of pyridine rings is 1. The van der Waals surface area contributed by atoms with E-state index in [0.717, 1.165) is 11.1 Å². The molecule has 0 spiro atoms. The monoisotopic (exact) mass is 505 g/mol. The second kappa shape index (κ2) is 12.0. The van der Waals surface area contributed by atoms with E-state index >= 15 is 0 Å². The zero-order valence-corrected chi connectivity index (χ0v) is 21.0. The average molecular weight is 506 g/mol. The molecule has 194 valence electrons. The van der Waals surface area contributed by atoms with Crippen molar-refractivity contribution >= 4 is 18.0 Å². The van der Waals surface area contributed by atoms with E-state index in [0.29, 0.717) is 0 Å². The highest BCUT2D eigenvalue weighted by Crippen LogP contribution is 2.25. The number of carboxylic acids is 1. The number of carboxylic acid groups (broad SMARTS) is 1. The van der Waals surface area contributed by atoms with Crippen LogP contribution in [0.5, 0.6) is 0 Å². The van der Waals surface area contributed by atoms with Gasteiger partial charge in [-0.15, -0.1) is 0 Å². The topological polar surface area (TPSA) is 127 Å². The highest BCUT2D eigenvalue weighted by molar-refractivity contribution is 5.96. The first-order valence-electron chi connectivity index (χ1n) is 11.9. The molecule has 2 aromatic carbocycles. The number of ether oxygens (including phenoxy) is 1. The van der Waals surface area contributed by atoms with Crippen LogP contribution in [0.25, 0.3) is 0 Å². The van der Waals surface area contributed by atoms with Gasteiger partial charge in [0.25, 0.3) is 11.5 Å². The molecular formula is C28H31N3O6. The van der Waals surface area contributed by atoms with Crippen molar-refractivity contribution in [2.75, 3.05) is 6.54 Å². The Morgan fingerprint density at radius 1 is 0.919 bits per heavy atom. The number of hydrogen-bond donors (Lipinski definition) is 3. The SMILES string of the molecule is CC(C)(C)OC(=O)NCC[C@H](NC(=O)c1cccn(C(c2ccccc2)c2ccccc2)c1=O)C(=O)O. The number of benzene rings is 2. The normalized spacial score (nSPS) is 12.0. The second-order valence-corrected chi connectivity index (χ2v) is 9.44. The van der Waals surface area contributed by atoms with Crippen molar-refractivity contribution in [1.29, 1.82) is 0 Å². The Morgan fingerprint density at radius 3 is 2.00 bits per heavy atom. The van der Waals surface area contributed by atoms with E-state index in [1.165, 1.54) is 10.6 Å². The molecule has 37 heavy (non-hydrogen) atoms. The first kappa shape index (κ1) is 27.2. The van der Waals surface area contributed by atoms with Crippen LogP contribution in [0.15, 0.2) is 83.8 Å². The van der Waals surface area contributed by atoms with Gasteiger partial charge in [-0.05, 0) is 50.5 Å². The number of alkyl carbamates (subject to hydrolysis) is 1. The van der Waals surface area contributed by atoms with Gasteiger partial charge in [-0.1, -0.05) is 60.7 Å². The van der Waals surface area contributed by atoms with E-state index in [9.17, 15) is 24.3 Å². The van der Waals surface area contributed by atoms with Crippen LogP contribution in [0.1, 0.15) is 54.7 Å². The molecule has 0 aliphatic heterocycles. The van der Waals surface area contributed by atoms with Gasteiger partial charge in [-0.25, -0.2) is 9.59 Å². The van der Waals surface area contributed by atoms with Crippen LogP contribution in [0, 0.1) is 0 Å². The Hall–Kier alpha value is -4.40. The molecular weight excluding hydrogens is 474 g/mol. The van der Waals surface area contributed by atoms with Gasteiger partial charge >= 0.3 is 12.1 Å². The fourth-order valence-electron chi connectivity index (χ4n) is 3.80. The van der Waals surface area contributed by atoms with E-state index in [-0.39, 0.29) is 18.5 Å². The minimum Gasteiger partial charge on any atom is -0.480 e. The highest BCUT2D eigenvalue weighted by Gasteiger charge is 2.25. The number of nitrogens with one attached hydrogen (secondary N) is 2. The summed E-state index contributed by atoms with van der Waals surface area (Å²) in [5.74, 6) is -2.11. The molecule has 0 radical (unpaired) electrons. The largest absolute Gasteiger partial charge is 0.480 e.